The molecule has 0 bridgehead atoms. The molecule has 5 nitrogen and oxygen atoms in total. The molecule has 0 spiro atoms. The summed E-state index contributed by atoms with van der Waals surface area (Å²) in [5, 5.41) is 2.82. The van der Waals surface area contributed by atoms with Crippen molar-refractivity contribution in [3.63, 3.8) is 0 Å². The lowest BCUT2D eigenvalue weighted by Gasteiger charge is -2.17. The van der Waals surface area contributed by atoms with Crippen molar-refractivity contribution >= 4 is 32.9 Å². The zero-order valence-corrected chi connectivity index (χ0v) is 13.0. The highest BCUT2D eigenvalue weighted by atomic mass is 32.2. The van der Waals surface area contributed by atoms with Crippen molar-refractivity contribution in [3.8, 4) is 0 Å². The van der Waals surface area contributed by atoms with Crippen LogP contribution in [0.3, 0.4) is 0 Å². The molecular weight excluding hydrogens is 310 g/mol. The molecule has 0 saturated carbocycles. The summed E-state index contributed by atoms with van der Waals surface area (Å²) in [5.41, 5.74) is 2.42. The van der Waals surface area contributed by atoms with Crippen LogP contribution in [0.5, 0.6) is 0 Å². The number of benzene rings is 1. The van der Waals surface area contributed by atoms with Crippen molar-refractivity contribution in [2.45, 2.75) is 12.5 Å². The number of carbonyl (C=O) groups excluding carboxylic acids is 1. The van der Waals surface area contributed by atoms with Crippen LogP contribution in [-0.4, -0.2) is 27.2 Å². The third-order valence-corrected chi connectivity index (χ3v) is 4.45. The smallest absolute Gasteiger partial charge is 0.248 e. The van der Waals surface area contributed by atoms with E-state index in [1.54, 1.807) is 36.6 Å². The first-order valence-corrected chi connectivity index (χ1v) is 8.27. The zero-order chi connectivity index (χ0) is 16.2. The molecule has 2 N–H and O–H groups in total. The molecule has 0 radical (unpaired) electrons. The molecule has 0 fully saturated rings. The summed E-state index contributed by atoms with van der Waals surface area (Å²) in [4.78, 5) is 17.2. The number of fused-ring (bicyclic) bond motifs is 1. The quantitative estimate of drug-likeness (QED) is 0.817. The standard InChI is InChI=1S/C17H15N3O2S/c18-23(22)16-8-4-3-7-15(16)20-17(21)13-9-10-19-14-6-2-1-5-12(14)11-13/h1-10,15,18H,11H2,(H,20,21). The Kier molecular flexibility index (Phi) is 4.34. The Bertz CT molecular complexity index is 898. The Balaban J connectivity index is 1.81. The molecule has 0 aromatic heterocycles. The van der Waals surface area contributed by atoms with Gasteiger partial charge in [-0.3, -0.25) is 9.79 Å². The second kappa shape index (κ2) is 6.58. The van der Waals surface area contributed by atoms with E-state index in [1.165, 1.54) is 0 Å². The maximum atomic E-state index is 12.5. The molecular formula is C17H15N3O2S. The molecule has 3 rings (SSSR count). The van der Waals surface area contributed by atoms with Crippen molar-refractivity contribution in [3.05, 3.63) is 65.8 Å². The SMILES string of the molecule is N=S(=O)=C1C=CC=CC1NC(=O)C1=CC=Nc2ccccc2C1. The number of carbonyl (C=O) groups is 1. The zero-order valence-electron chi connectivity index (χ0n) is 12.2. The third kappa shape index (κ3) is 3.37. The van der Waals surface area contributed by atoms with Crippen molar-refractivity contribution in [2.24, 2.45) is 4.99 Å². The van der Waals surface area contributed by atoms with E-state index < -0.39 is 16.2 Å². The summed E-state index contributed by atoms with van der Waals surface area (Å²) in [5.74, 6) is -0.249. The van der Waals surface area contributed by atoms with Gasteiger partial charge in [-0.2, -0.15) is 0 Å². The minimum Gasteiger partial charge on any atom is -0.341 e. The van der Waals surface area contributed by atoms with Gasteiger partial charge in [-0.05, 0) is 23.8 Å². The molecule has 1 amide bonds. The van der Waals surface area contributed by atoms with Crippen LogP contribution >= 0.6 is 0 Å². The van der Waals surface area contributed by atoms with Crippen molar-refractivity contribution < 1.29 is 9.00 Å². The van der Waals surface area contributed by atoms with E-state index in [2.05, 4.69) is 10.3 Å². The number of allylic oxidation sites excluding steroid dienone is 3. The average molecular weight is 325 g/mol. The summed E-state index contributed by atoms with van der Waals surface area (Å²) in [7, 11) is -1.88. The maximum absolute atomic E-state index is 12.5. The van der Waals surface area contributed by atoms with Gasteiger partial charge in [0.1, 0.15) is 0 Å². The minimum absolute atomic E-state index is 0.249. The predicted molar refractivity (Wildman–Crippen MR) is 92.5 cm³/mol. The van der Waals surface area contributed by atoms with Gasteiger partial charge in [-0.1, -0.05) is 36.4 Å². The monoisotopic (exact) mass is 325 g/mol. The van der Waals surface area contributed by atoms with E-state index in [-0.39, 0.29) is 5.91 Å². The molecule has 0 saturated heterocycles. The lowest BCUT2D eigenvalue weighted by molar-refractivity contribution is -0.117. The number of hydrogen-bond donors (Lipinski definition) is 2. The first-order valence-electron chi connectivity index (χ1n) is 7.12. The first-order chi connectivity index (χ1) is 11.1. The van der Waals surface area contributed by atoms with Gasteiger partial charge in [-0.25, -0.2) is 8.99 Å². The first kappa shape index (κ1) is 15.2. The van der Waals surface area contributed by atoms with Crippen LogP contribution in [0.1, 0.15) is 5.56 Å². The summed E-state index contributed by atoms with van der Waals surface area (Å²) < 4.78 is 18.8. The molecule has 1 unspecified atom stereocenters. The summed E-state index contributed by atoms with van der Waals surface area (Å²) in [6, 6.07) is 7.15. The van der Waals surface area contributed by atoms with Crippen LogP contribution in [0.2, 0.25) is 0 Å². The molecule has 23 heavy (non-hydrogen) atoms. The third-order valence-electron chi connectivity index (χ3n) is 3.64. The maximum Gasteiger partial charge on any atom is 0.248 e. The number of hydrogen-bond acceptors (Lipinski definition) is 4. The normalized spacial score (nSPS) is 18.9. The van der Waals surface area contributed by atoms with Crippen LogP contribution < -0.4 is 5.32 Å². The Morgan fingerprint density at radius 1 is 1.30 bits per heavy atom. The predicted octanol–water partition coefficient (Wildman–Crippen LogP) is 2.17. The van der Waals surface area contributed by atoms with Crippen molar-refractivity contribution in [1.29, 1.82) is 4.78 Å². The van der Waals surface area contributed by atoms with Gasteiger partial charge in [-0.15, -0.1) is 0 Å². The van der Waals surface area contributed by atoms with Gasteiger partial charge in [0, 0.05) is 18.2 Å². The molecule has 6 heteroatoms. The van der Waals surface area contributed by atoms with Crippen molar-refractivity contribution in [1.82, 2.24) is 5.32 Å². The Morgan fingerprint density at radius 3 is 2.96 bits per heavy atom. The molecule has 1 aliphatic carbocycles. The lowest BCUT2D eigenvalue weighted by Crippen LogP contribution is -2.40. The average Bonchev–Trinajstić information content (AvgIpc) is 2.77. The van der Waals surface area contributed by atoms with Crippen LogP contribution in [0.25, 0.3) is 0 Å². The highest BCUT2D eigenvalue weighted by molar-refractivity contribution is 7.74. The number of nitrogens with zero attached hydrogens (tertiary/aromatic N) is 1. The Labute approximate surface area is 135 Å². The topological polar surface area (TPSA) is 82.4 Å². The number of amides is 1. The van der Waals surface area contributed by atoms with Crippen LogP contribution in [-0.2, 0) is 21.4 Å². The van der Waals surface area contributed by atoms with E-state index in [9.17, 15) is 9.00 Å². The highest BCUT2D eigenvalue weighted by Crippen LogP contribution is 2.23. The summed E-state index contributed by atoms with van der Waals surface area (Å²) in [6.07, 6.45) is 10.6. The fourth-order valence-corrected chi connectivity index (χ4v) is 3.04. The van der Waals surface area contributed by atoms with Crippen LogP contribution in [0.15, 0.2) is 65.2 Å². The van der Waals surface area contributed by atoms with Gasteiger partial charge in [0.15, 0.2) is 0 Å². The molecule has 1 aliphatic heterocycles. The summed E-state index contributed by atoms with van der Waals surface area (Å²) >= 11 is 0. The van der Waals surface area contributed by atoms with E-state index in [0.717, 1.165) is 11.3 Å². The number of nitrogens with one attached hydrogen (secondary N) is 2. The van der Waals surface area contributed by atoms with Gasteiger partial charge >= 0.3 is 0 Å². The van der Waals surface area contributed by atoms with E-state index in [1.807, 2.05) is 24.3 Å². The van der Waals surface area contributed by atoms with Crippen LogP contribution in [0.4, 0.5) is 5.69 Å². The Morgan fingerprint density at radius 2 is 2.13 bits per heavy atom. The van der Waals surface area contributed by atoms with Gasteiger partial charge < -0.3 is 5.32 Å². The number of aliphatic imine (C=N–C) groups is 1. The van der Waals surface area contributed by atoms with E-state index in [0.29, 0.717) is 16.9 Å². The molecule has 1 heterocycles. The second-order valence-corrected chi connectivity index (χ2v) is 6.15. The van der Waals surface area contributed by atoms with Gasteiger partial charge in [0.05, 0.1) is 26.8 Å². The molecule has 1 atom stereocenters. The number of para-hydroxylation sites is 1. The molecule has 2 aliphatic rings. The van der Waals surface area contributed by atoms with E-state index in [4.69, 9.17) is 4.78 Å². The Hall–Kier alpha value is -2.73. The van der Waals surface area contributed by atoms with Crippen molar-refractivity contribution in [2.75, 3.05) is 0 Å². The van der Waals surface area contributed by atoms with Crippen LogP contribution in [0, 0.1) is 4.78 Å². The number of rotatable bonds is 2. The van der Waals surface area contributed by atoms with Gasteiger partial charge in [0.25, 0.3) is 0 Å². The molecule has 116 valence electrons. The largest absolute Gasteiger partial charge is 0.341 e. The molecule has 1 aromatic carbocycles. The lowest BCUT2D eigenvalue weighted by atomic mass is 10.0. The highest BCUT2D eigenvalue weighted by Gasteiger charge is 2.20. The fourth-order valence-electron chi connectivity index (χ4n) is 2.47. The van der Waals surface area contributed by atoms with Gasteiger partial charge in [0.2, 0.25) is 5.91 Å². The molecule has 1 aromatic rings. The fraction of sp³-hybridized carbons (Fsp3) is 0.118. The second-order valence-electron chi connectivity index (χ2n) is 5.14. The minimum atomic E-state index is -1.88. The summed E-state index contributed by atoms with van der Waals surface area (Å²) in [6.45, 7) is 0. The van der Waals surface area contributed by atoms with E-state index >= 15 is 0 Å².